The Kier molecular flexibility index (Phi) is 5.09. The van der Waals surface area contributed by atoms with Gasteiger partial charge >= 0.3 is 0 Å². The minimum atomic E-state index is -0.446. The first-order chi connectivity index (χ1) is 8.65. The summed E-state index contributed by atoms with van der Waals surface area (Å²) < 4.78 is 13.6. The van der Waals surface area contributed by atoms with E-state index in [9.17, 15) is 4.39 Å². The van der Waals surface area contributed by atoms with Gasteiger partial charge < -0.3 is 11.1 Å². The van der Waals surface area contributed by atoms with Gasteiger partial charge in [0.15, 0.2) is 0 Å². The Morgan fingerprint density at radius 1 is 1.33 bits per heavy atom. The fourth-order valence-corrected chi connectivity index (χ4v) is 2.57. The van der Waals surface area contributed by atoms with Crippen molar-refractivity contribution in [2.24, 2.45) is 11.7 Å². The highest BCUT2D eigenvalue weighted by molar-refractivity contribution is 9.10. The fourth-order valence-electron chi connectivity index (χ4n) is 2.35. The predicted molar refractivity (Wildman–Crippen MR) is 73.5 cm³/mol. The molecular weight excluding hydrogens is 297 g/mol. The van der Waals surface area contributed by atoms with Gasteiger partial charge in [0.2, 0.25) is 5.95 Å². The molecule has 1 aromatic rings. The molecule has 1 aliphatic rings. The van der Waals surface area contributed by atoms with Gasteiger partial charge in [0.05, 0.1) is 10.2 Å². The summed E-state index contributed by atoms with van der Waals surface area (Å²) >= 11 is 3.10. The largest absolute Gasteiger partial charge is 0.328 e. The van der Waals surface area contributed by atoms with Crippen molar-refractivity contribution < 1.29 is 4.39 Å². The average Bonchev–Trinajstić information content (AvgIpc) is 2.36. The number of rotatable bonds is 4. The van der Waals surface area contributed by atoms with E-state index in [0.29, 0.717) is 23.0 Å². The molecule has 0 radical (unpaired) electrons. The van der Waals surface area contributed by atoms with Crippen molar-refractivity contribution in [2.75, 3.05) is 6.54 Å². The second-order valence-corrected chi connectivity index (χ2v) is 5.84. The summed E-state index contributed by atoms with van der Waals surface area (Å²) in [6, 6.07) is 3.92. The van der Waals surface area contributed by atoms with Crippen LogP contribution < -0.4 is 11.1 Å². The van der Waals surface area contributed by atoms with Crippen molar-refractivity contribution in [3.05, 3.63) is 28.2 Å². The van der Waals surface area contributed by atoms with E-state index in [-0.39, 0.29) is 0 Å². The highest BCUT2D eigenvalue weighted by Gasteiger charge is 2.17. The van der Waals surface area contributed by atoms with Crippen molar-refractivity contribution in [3.8, 4) is 0 Å². The summed E-state index contributed by atoms with van der Waals surface area (Å²) in [7, 11) is 0. The standard InChI is InChI=1S/C13H19BrFN3/c14-12-6-5-11(18-13(12)15)8-17-7-9-1-3-10(16)4-2-9/h5-6,9-10,17H,1-4,7-8,16H2. The minimum Gasteiger partial charge on any atom is -0.328 e. The van der Waals surface area contributed by atoms with Gasteiger partial charge in [0, 0.05) is 12.6 Å². The third-order valence-corrected chi connectivity index (χ3v) is 4.08. The van der Waals surface area contributed by atoms with Crippen molar-refractivity contribution in [3.63, 3.8) is 0 Å². The number of halogens is 2. The molecule has 3 N–H and O–H groups in total. The van der Waals surface area contributed by atoms with Crippen LogP contribution >= 0.6 is 15.9 Å². The first kappa shape index (κ1) is 13.9. The summed E-state index contributed by atoms with van der Waals surface area (Å²) in [4.78, 5) is 3.87. The molecule has 0 bridgehead atoms. The van der Waals surface area contributed by atoms with Crippen LogP contribution in [-0.2, 0) is 6.54 Å². The van der Waals surface area contributed by atoms with Gasteiger partial charge in [0.1, 0.15) is 0 Å². The van der Waals surface area contributed by atoms with Crippen LogP contribution in [0.2, 0.25) is 0 Å². The second kappa shape index (κ2) is 6.59. The number of nitrogens with two attached hydrogens (primary N) is 1. The van der Waals surface area contributed by atoms with Crippen molar-refractivity contribution >= 4 is 15.9 Å². The zero-order valence-electron chi connectivity index (χ0n) is 10.3. The Bertz CT molecular complexity index is 392. The summed E-state index contributed by atoms with van der Waals surface area (Å²) in [5, 5.41) is 3.35. The molecule has 0 unspecified atom stereocenters. The van der Waals surface area contributed by atoms with Crippen molar-refractivity contribution in [2.45, 2.75) is 38.3 Å². The number of pyridine rings is 1. The lowest BCUT2D eigenvalue weighted by molar-refractivity contribution is 0.314. The maximum Gasteiger partial charge on any atom is 0.227 e. The quantitative estimate of drug-likeness (QED) is 0.840. The van der Waals surface area contributed by atoms with E-state index in [0.717, 1.165) is 25.1 Å². The average molecular weight is 316 g/mol. The van der Waals surface area contributed by atoms with Crippen LogP contribution in [0, 0.1) is 11.9 Å². The minimum absolute atomic E-state index is 0.392. The lowest BCUT2D eigenvalue weighted by Gasteiger charge is -2.26. The molecule has 0 spiro atoms. The molecule has 1 aromatic heterocycles. The molecule has 5 heteroatoms. The van der Waals surface area contributed by atoms with Gasteiger partial charge in [-0.25, -0.2) is 4.98 Å². The van der Waals surface area contributed by atoms with E-state index < -0.39 is 5.95 Å². The molecule has 1 fully saturated rings. The van der Waals surface area contributed by atoms with Crippen LogP contribution in [0.1, 0.15) is 31.4 Å². The molecule has 100 valence electrons. The SMILES string of the molecule is NC1CCC(CNCc2ccc(Br)c(F)n2)CC1. The van der Waals surface area contributed by atoms with Crippen molar-refractivity contribution in [1.29, 1.82) is 0 Å². The van der Waals surface area contributed by atoms with E-state index in [4.69, 9.17) is 5.73 Å². The summed E-state index contributed by atoms with van der Waals surface area (Å²) in [6.07, 6.45) is 4.63. The van der Waals surface area contributed by atoms with Crippen LogP contribution in [0.4, 0.5) is 4.39 Å². The molecule has 1 saturated carbocycles. The lowest BCUT2D eigenvalue weighted by Crippen LogP contribution is -2.31. The molecule has 1 aliphatic carbocycles. The normalized spacial score (nSPS) is 24.2. The number of hydrogen-bond donors (Lipinski definition) is 2. The maximum atomic E-state index is 13.2. The molecule has 18 heavy (non-hydrogen) atoms. The predicted octanol–water partition coefficient (Wildman–Crippen LogP) is 2.59. The van der Waals surface area contributed by atoms with Gasteiger partial charge in [-0.2, -0.15) is 4.39 Å². The zero-order valence-corrected chi connectivity index (χ0v) is 11.9. The third-order valence-electron chi connectivity index (χ3n) is 3.49. The number of aromatic nitrogens is 1. The molecule has 0 saturated heterocycles. The van der Waals surface area contributed by atoms with Crippen molar-refractivity contribution in [1.82, 2.24) is 10.3 Å². The lowest BCUT2D eigenvalue weighted by atomic mass is 9.86. The summed E-state index contributed by atoms with van der Waals surface area (Å²) in [5.41, 5.74) is 6.61. The van der Waals surface area contributed by atoms with Gasteiger partial charge in [-0.1, -0.05) is 0 Å². The van der Waals surface area contributed by atoms with Gasteiger partial charge in [-0.05, 0) is 66.2 Å². The summed E-state index contributed by atoms with van der Waals surface area (Å²) in [6.45, 7) is 1.58. The smallest absolute Gasteiger partial charge is 0.227 e. The molecule has 0 atom stereocenters. The number of nitrogens with one attached hydrogen (secondary N) is 1. The topological polar surface area (TPSA) is 50.9 Å². The molecule has 0 aromatic carbocycles. The molecule has 2 rings (SSSR count). The Hall–Kier alpha value is -0.520. The first-order valence-corrected chi connectivity index (χ1v) is 7.21. The molecular formula is C13H19BrFN3. The van der Waals surface area contributed by atoms with Gasteiger partial charge in [0.25, 0.3) is 0 Å². The van der Waals surface area contributed by atoms with E-state index >= 15 is 0 Å². The Balaban J connectivity index is 1.73. The molecule has 0 aliphatic heterocycles. The molecule has 0 amide bonds. The van der Waals surface area contributed by atoms with E-state index in [1.807, 2.05) is 6.07 Å². The highest BCUT2D eigenvalue weighted by atomic mass is 79.9. The molecule has 1 heterocycles. The van der Waals surface area contributed by atoms with Crippen LogP contribution in [0.25, 0.3) is 0 Å². The highest BCUT2D eigenvalue weighted by Crippen LogP contribution is 2.22. The van der Waals surface area contributed by atoms with Crippen LogP contribution in [0.3, 0.4) is 0 Å². The Morgan fingerprint density at radius 3 is 2.72 bits per heavy atom. The molecule has 3 nitrogen and oxygen atoms in total. The Labute approximate surface area is 115 Å². The first-order valence-electron chi connectivity index (χ1n) is 6.42. The summed E-state index contributed by atoms with van der Waals surface area (Å²) in [5.74, 6) is 0.253. The fraction of sp³-hybridized carbons (Fsp3) is 0.615. The third kappa shape index (κ3) is 4.00. The van der Waals surface area contributed by atoms with Gasteiger partial charge in [-0.15, -0.1) is 0 Å². The van der Waals surface area contributed by atoms with Gasteiger partial charge in [-0.3, -0.25) is 0 Å². The van der Waals surface area contributed by atoms with Crippen LogP contribution in [0.15, 0.2) is 16.6 Å². The second-order valence-electron chi connectivity index (χ2n) is 4.99. The zero-order chi connectivity index (χ0) is 13.0. The van der Waals surface area contributed by atoms with Crippen LogP contribution in [0.5, 0.6) is 0 Å². The van der Waals surface area contributed by atoms with E-state index in [1.54, 1.807) is 6.07 Å². The van der Waals surface area contributed by atoms with Crippen LogP contribution in [-0.4, -0.2) is 17.6 Å². The number of nitrogens with zero attached hydrogens (tertiary/aromatic N) is 1. The maximum absolute atomic E-state index is 13.2. The monoisotopic (exact) mass is 315 g/mol. The van der Waals surface area contributed by atoms with E-state index in [2.05, 4.69) is 26.2 Å². The van der Waals surface area contributed by atoms with E-state index in [1.165, 1.54) is 12.8 Å². The Morgan fingerprint density at radius 2 is 2.06 bits per heavy atom. The number of hydrogen-bond acceptors (Lipinski definition) is 3.